The van der Waals surface area contributed by atoms with Crippen LogP contribution in [0.2, 0.25) is 5.02 Å². The topological polar surface area (TPSA) is 171 Å². The number of anilines is 1. The Hall–Kier alpha value is -4.60. The molecule has 0 unspecified atom stereocenters. The summed E-state index contributed by atoms with van der Waals surface area (Å²) in [5, 5.41) is 19.3. The van der Waals surface area contributed by atoms with Gasteiger partial charge in [-0.1, -0.05) is 23.7 Å². The van der Waals surface area contributed by atoms with Crippen LogP contribution in [0.5, 0.6) is 0 Å². The summed E-state index contributed by atoms with van der Waals surface area (Å²) < 4.78 is 38.2. The van der Waals surface area contributed by atoms with Crippen molar-refractivity contribution in [1.29, 1.82) is 0 Å². The molecule has 2 aromatic carbocycles. The molecule has 48 heavy (non-hydrogen) atoms. The van der Waals surface area contributed by atoms with Gasteiger partial charge < -0.3 is 25.2 Å². The first kappa shape index (κ1) is 37.9. The summed E-state index contributed by atoms with van der Waals surface area (Å²) in [6.45, 7) is 5.24. The molecule has 16 heteroatoms. The first-order valence-corrected chi connectivity index (χ1v) is 15.3. The van der Waals surface area contributed by atoms with E-state index in [1.165, 1.54) is 43.5 Å². The van der Waals surface area contributed by atoms with Crippen molar-refractivity contribution < 1.29 is 42.5 Å². The number of benzene rings is 2. The molecule has 3 aromatic rings. The van der Waals surface area contributed by atoms with Crippen LogP contribution in [0, 0.1) is 11.6 Å². The van der Waals surface area contributed by atoms with E-state index in [1.807, 2.05) is 0 Å². The molecule has 13 nitrogen and oxygen atoms in total. The Balaban J connectivity index is 1.67. The van der Waals surface area contributed by atoms with Crippen LogP contribution in [0.25, 0.3) is 10.8 Å². The Bertz CT molecular complexity index is 1610. The van der Waals surface area contributed by atoms with Crippen LogP contribution < -0.4 is 21.4 Å². The molecule has 1 aromatic heterocycles. The van der Waals surface area contributed by atoms with E-state index in [2.05, 4.69) is 26.4 Å². The highest BCUT2D eigenvalue weighted by atomic mass is 35.5. The van der Waals surface area contributed by atoms with E-state index < -0.39 is 59.9 Å². The van der Waals surface area contributed by atoms with Gasteiger partial charge in [0.15, 0.2) is 0 Å². The van der Waals surface area contributed by atoms with Crippen molar-refractivity contribution >= 4 is 52.2 Å². The predicted molar refractivity (Wildman–Crippen MR) is 174 cm³/mol. The summed E-state index contributed by atoms with van der Waals surface area (Å²) in [6.07, 6.45) is -0.416. The molecule has 4 amide bonds. The number of aromatic nitrogens is 1. The quantitative estimate of drug-likeness (QED) is 0.154. The van der Waals surface area contributed by atoms with Crippen LogP contribution >= 0.6 is 11.6 Å². The van der Waals surface area contributed by atoms with Crippen LogP contribution in [-0.4, -0.2) is 76.5 Å². The minimum atomic E-state index is -0.927. The van der Waals surface area contributed by atoms with Gasteiger partial charge in [0.25, 0.3) is 0 Å². The van der Waals surface area contributed by atoms with Crippen LogP contribution in [0.15, 0.2) is 48.7 Å². The number of carbonyl (C=O) groups is 4. The number of halogens is 3. The maximum atomic E-state index is 14.0. The number of hydrazine groups is 1. The Kier molecular flexibility index (Phi) is 13.8. The number of nitrogens with one attached hydrogen (secondary N) is 4. The van der Waals surface area contributed by atoms with Crippen molar-refractivity contribution in [2.75, 3.05) is 25.1 Å². The number of fused-ring (bicyclic) bond motifs is 1. The number of alkyl carbamates (subject to hydrolysis) is 1. The van der Waals surface area contributed by atoms with E-state index in [0.717, 1.165) is 5.01 Å². The van der Waals surface area contributed by atoms with Crippen molar-refractivity contribution in [3.63, 3.8) is 0 Å². The van der Waals surface area contributed by atoms with Crippen molar-refractivity contribution in [2.45, 2.75) is 64.8 Å². The Labute approximate surface area is 281 Å². The molecule has 260 valence electrons. The molecule has 0 aliphatic rings. The maximum absolute atomic E-state index is 14.0. The Morgan fingerprint density at radius 1 is 1.06 bits per heavy atom. The zero-order valence-corrected chi connectivity index (χ0v) is 27.7. The fraction of sp³-hybridized carbons (Fsp3) is 0.406. The second-order valence-electron chi connectivity index (χ2n) is 11.7. The third kappa shape index (κ3) is 12.2. The lowest BCUT2D eigenvalue weighted by molar-refractivity contribution is -0.137. The number of ether oxygens (including phenoxy) is 2. The molecule has 1 heterocycles. The standard InChI is InChI=1S/C32H39ClF2N6O7/c1-19(43)41(38-15-21-6-5-7-26(35)29(21)33)25(10-11-28(44)37-16-24(17-42)39-31(46)48-32(2,3)4)18-47-30(45)40-27-13-22-12-23(34)9-8-20(22)14-36-27/h5-9,12-14,24-25,38,42H,10-11,15-18H2,1-4H3,(H,37,44)(H,39,46)(H,36,40,45)/t24-,25+/m1/s1. The summed E-state index contributed by atoms with van der Waals surface area (Å²) in [5.74, 6) is -2.01. The van der Waals surface area contributed by atoms with E-state index in [9.17, 15) is 33.1 Å². The van der Waals surface area contributed by atoms with Crippen LogP contribution in [0.3, 0.4) is 0 Å². The summed E-state index contributed by atoms with van der Waals surface area (Å²) in [4.78, 5) is 54.4. The van der Waals surface area contributed by atoms with Gasteiger partial charge in [-0.2, -0.15) is 0 Å². The zero-order chi connectivity index (χ0) is 35.4. The molecule has 0 saturated carbocycles. The van der Waals surface area contributed by atoms with Crippen molar-refractivity contribution in [3.05, 3.63) is 70.9 Å². The largest absolute Gasteiger partial charge is 0.447 e. The number of pyridine rings is 1. The molecule has 2 atom stereocenters. The number of hydrogen-bond acceptors (Lipinski definition) is 9. The first-order chi connectivity index (χ1) is 22.6. The molecule has 0 radical (unpaired) electrons. The Morgan fingerprint density at radius 3 is 2.50 bits per heavy atom. The molecule has 0 aliphatic heterocycles. The van der Waals surface area contributed by atoms with Gasteiger partial charge in [-0.05, 0) is 68.5 Å². The third-order valence-electron chi connectivity index (χ3n) is 6.69. The lowest BCUT2D eigenvalue weighted by atomic mass is 10.1. The average molecular weight is 693 g/mol. The highest BCUT2D eigenvalue weighted by Gasteiger charge is 2.25. The summed E-state index contributed by atoms with van der Waals surface area (Å²) >= 11 is 6.07. The number of aliphatic hydroxyl groups is 1. The highest BCUT2D eigenvalue weighted by molar-refractivity contribution is 6.31. The fourth-order valence-corrected chi connectivity index (χ4v) is 4.58. The molecule has 0 spiro atoms. The van der Waals surface area contributed by atoms with Gasteiger partial charge in [-0.25, -0.2) is 28.8 Å². The van der Waals surface area contributed by atoms with E-state index >= 15 is 0 Å². The SMILES string of the molecule is CC(=O)N(NCc1cccc(F)c1Cl)[C@@H](CCC(=O)NC[C@H](CO)NC(=O)OC(C)(C)C)COC(=O)Nc1cc2cc(F)ccc2cn1. The summed E-state index contributed by atoms with van der Waals surface area (Å²) in [6, 6.07) is 8.05. The van der Waals surface area contributed by atoms with E-state index in [0.29, 0.717) is 16.3 Å². The maximum Gasteiger partial charge on any atom is 0.412 e. The first-order valence-electron chi connectivity index (χ1n) is 15.0. The lowest BCUT2D eigenvalue weighted by Gasteiger charge is -2.31. The molecule has 0 fully saturated rings. The molecule has 5 N–H and O–H groups in total. The predicted octanol–water partition coefficient (Wildman–Crippen LogP) is 4.42. The van der Waals surface area contributed by atoms with Crippen LogP contribution in [0.1, 0.15) is 46.1 Å². The number of amides is 4. The zero-order valence-electron chi connectivity index (χ0n) is 26.9. The molecular formula is C32H39ClF2N6O7. The molecule has 3 rings (SSSR count). The van der Waals surface area contributed by atoms with E-state index in [4.69, 9.17) is 21.1 Å². The summed E-state index contributed by atoms with van der Waals surface area (Å²) in [7, 11) is 0. The number of rotatable bonds is 14. The normalized spacial score (nSPS) is 12.5. The number of hydrogen-bond donors (Lipinski definition) is 5. The van der Waals surface area contributed by atoms with Gasteiger partial charge in [-0.3, -0.25) is 19.9 Å². The third-order valence-corrected chi connectivity index (χ3v) is 7.11. The highest BCUT2D eigenvalue weighted by Crippen LogP contribution is 2.21. The molecule has 0 saturated heterocycles. The minimum Gasteiger partial charge on any atom is -0.447 e. The smallest absolute Gasteiger partial charge is 0.412 e. The number of nitrogens with zero attached hydrogens (tertiary/aromatic N) is 2. The monoisotopic (exact) mass is 692 g/mol. The van der Waals surface area contributed by atoms with Gasteiger partial charge in [0.1, 0.15) is 29.7 Å². The van der Waals surface area contributed by atoms with Crippen molar-refractivity contribution in [2.24, 2.45) is 0 Å². The summed E-state index contributed by atoms with van der Waals surface area (Å²) in [5.41, 5.74) is 2.46. The molecule has 0 aliphatic carbocycles. The van der Waals surface area contributed by atoms with E-state index in [1.54, 1.807) is 32.9 Å². The molecule has 0 bridgehead atoms. The second kappa shape index (κ2) is 17.5. The van der Waals surface area contributed by atoms with Crippen LogP contribution in [-0.2, 0) is 25.6 Å². The average Bonchev–Trinajstić information content (AvgIpc) is 3.00. The lowest BCUT2D eigenvalue weighted by Crippen LogP contribution is -2.51. The Morgan fingerprint density at radius 2 is 1.81 bits per heavy atom. The second-order valence-corrected chi connectivity index (χ2v) is 12.1. The van der Waals surface area contributed by atoms with Crippen molar-refractivity contribution in [3.8, 4) is 0 Å². The van der Waals surface area contributed by atoms with Gasteiger partial charge in [0.05, 0.1) is 23.7 Å². The van der Waals surface area contributed by atoms with Gasteiger partial charge >= 0.3 is 12.2 Å². The number of carbonyl (C=O) groups excluding carboxylic acids is 4. The minimum absolute atomic E-state index is 0.0145. The van der Waals surface area contributed by atoms with E-state index in [-0.39, 0.29) is 43.4 Å². The van der Waals surface area contributed by atoms with Gasteiger partial charge in [-0.15, -0.1) is 0 Å². The van der Waals surface area contributed by atoms with Crippen molar-refractivity contribution in [1.82, 2.24) is 26.1 Å². The molecular weight excluding hydrogens is 654 g/mol. The van der Waals surface area contributed by atoms with Gasteiger partial charge in [0, 0.05) is 38.0 Å². The number of aliphatic hydroxyl groups excluding tert-OH is 1. The van der Waals surface area contributed by atoms with Crippen LogP contribution in [0.4, 0.5) is 24.2 Å². The van der Waals surface area contributed by atoms with Gasteiger partial charge in [0.2, 0.25) is 11.8 Å². The fourth-order valence-electron chi connectivity index (χ4n) is 4.39.